The molecule has 0 bridgehead atoms. The first kappa shape index (κ1) is 19.4. The van der Waals surface area contributed by atoms with Crippen molar-refractivity contribution < 1.29 is 4.74 Å². The molecular formula is C22H26N4O3. The Kier molecular flexibility index (Phi) is 5.49. The summed E-state index contributed by atoms with van der Waals surface area (Å²) < 4.78 is 8.52. The van der Waals surface area contributed by atoms with E-state index in [9.17, 15) is 9.59 Å². The van der Waals surface area contributed by atoms with Crippen LogP contribution in [-0.4, -0.2) is 39.2 Å². The lowest BCUT2D eigenvalue weighted by molar-refractivity contribution is 0.166. The number of fused-ring (bicyclic) bond motifs is 1. The quantitative estimate of drug-likeness (QED) is 0.662. The molecule has 0 saturated carbocycles. The molecule has 3 aromatic rings. The molecule has 1 aliphatic rings. The lowest BCUT2D eigenvalue weighted by Gasteiger charge is -2.32. The number of likely N-dealkylation sites (tertiary alicyclic amines) is 1. The van der Waals surface area contributed by atoms with Gasteiger partial charge in [0.15, 0.2) is 0 Å². The molecule has 7 nitrogen and oxygen atoms in total. The Bertz CT molecular complexity index is 1130. The highest BCUT2D eigenvalue weighted by Crippen LogP contribution is 2.21. The van der Waals surface area contributed by atoms with Crippen molar-refractivity contribution in [1.29, 1.82) is 0 Å². The Morgan fingerprint density at radius 2 is 1.93 bits per heavy atom. The van der Waals surface area contributed by atoms with E-state index in [1.165, 1.54) is 0 Å². The van der Waals surface area contributed by atoms with Crippen LogP contribution in [0.2, 0.25) is 0 Å². The van der Waals surface area contributed by atoms with Gasteiger partial charge in [-0.1, -0.05) is 0 Å². The summed E-state index contributed by atoms with van der Waals surface area (Å²) in [5.74, 6) is 1.15. The molecule has 2 aromatic heterocycles. The molecule has 0 atom stereocenters. The van der Waals surface area contributed by atoms with Crippen LogP contribution in [0.25, 0.3) is 10.9 Å². The highest BCUT2D eigenvalue weighted by atomic mass is 16.5. The zero-order valence-corrected chi connectivity index (χ0v) is 16.9. The van der Waals surface area contributed by atoms with Gasteiger partial charge in [-0.25, -0.2) is 4.98 Å². The highest BCUT2D eigenvalue weighted by molar-refractivity contribution is 5.78. The fourth-order valence-electron chi connectivity index (χ4n) is 3.95. The standard InChI is InChI=1S/C22H26N4O3/c1-24-8-5-17(11-21(24)27)13-25-9-6-16(7-10-25)14-26-15-23-20-12-18(29-2)3-4-19(20)22(26)28/h3-5,8,11-12,15-16H,6-7,9-10,13-14H2,1-2H3. The molecule has 1 fully saturated rings. The van der Waals surface area contributed by atoms with Crippen LogP contribution in [0.5, 0.6) is 5.75 Å². The first-order valence-corrected chi connectivity index (χ1v) is 9.94. The summed E-state index contributed by atoms with van der Waals surface area (Å²) in [5.41, 5.74) is 1.74. The lowest BCUT2D eigenvalue weighted by atomic mass is 9.96. The second kappa shape index (κ2) is 8.21. The Labute approximate surface area is 169 Å². The van der Waals surface area contributed by atoms with E-state index in [0.29, 0.717) is 29.1 Å². The predicted molar refractivity (Wildman–Crippen MR) is 112 cm³/mol. The number of methoxy groups -OCH3 is 1. The Hall–Kier alpha value is -2.93. The minimum atomic E-state index is 0.000197. The SMILES string of the molecule is COc1ccc2c(=O)n(CC3CCN(Cc4ccn(C)c(=O)c4)CC3)cnc2c1. The van der Waals surface area contributed by atoms with Gasteiger partial charge in [0.2, 0.25) is 0 Å². The van der Waals surface area contributed by atoms with Gasteiger partial charge in [-0.3, -0.25) is 19.1 Å². The number of rotatable bonds is 5. The van der Waals surface area contributed by atoms with Crippen LogP contribution in [0, 0.1) is 5.92 Å². The van der Waals surface area contributed by atoms with Crippen molar-refractivity contribution in [2.45, 2.75) is 25.9 Å². The summed E-state index contributed by atoms with van der Waals surface area (Å²) in [6, 6.07) is 9.08. The molecule has 4 rings (SSSR count). The molecule has 0 N–H and O–H groups in total. The first-order chi connectivity index (χ1) is 14.0. The van der Waals surface area contributed by atoms with Crippen molar-refractivity contribution in [2.24, 2.45) is 13.0 Å². The zero-order chi connectivity index (χ0) is 20.4. The molecule has 152 valence electrons. The van der Waals surface area contributed by atoms with Gasteiger partial charge in [-0.2, -0.15) is 0 Å². The third kappa shape index (κ3) is 4.24. The van der Waals surface area contributed by atoms with E-state index in [4.69, 9.17) is 4.74 Å². The maximum Gasteiger partial charge on any atom is 0.261 e. The van der Waals surface area contributed by atoms with Gasteiger partial charge in [0.05, 0.1) is 24.3 Å². The Morgan fingerprint density at radius 3 is 2.66 bits per heavy atom. The lowest BCUT2D eigenvalue weighted by Crippen LogP contribution is -2.36. The molecule has 0 aliphatic carbocycles. The summed E-state index contributed by atoms with van der Waals surface area (Å²) in [7, 11) is 3.36. The first-order valence-electron chi connectivity index (χ1n) is 9.94. The number of hydrogen-bond donors (Lipinski definition) is 0. The van der Waals surface area contributed by atoms with Crippen LogP contribution in [0.3, 0.4) is 0 Å². The zero-order valence-electron chi connectivity index (χ0n) is 16.9. The summed E-state index contributed by atoms with van der Waals surface area (Å²) >= 11 is 0. The van der Waals surface area contributed by atoms with Crippen molar-refractivity contribution >= 4 is 10.9 Å². The summed E-state index contributed by atoms with van der Waals surface area (Å²) in [6.45, 7) is 3.41. The summed E-state index contributed by atoms with van der Waals surface area (Å²) in [6.07, 6.45) is 5.52. The maximum absolute atomic E-state index is 12.8. The van der Waals surface area contributed by atoms with Gasteiger partial charge >= 0.3 is 0 Å². The highest BCUT2D eigenvalue weighted by Gasteiger charge is 2.20. The predicted octanol–water partition coefficient (Wildman–Crippen LogP) is 2.02. The summed E-state index contributed by atoms with van der Waals surface area (Å²) in [4.78, 5) is 31.4. The van der Waals surface area contributed by atoms with Crippen molar-refractivity contribution in [2.75, 3.05) is 20.2 Å². The number of benzene rings is 1. The third-order valence-corrected chi connectivity index (χ3v) is 5.77. The molecule has 7 heteroatoms. The van der Waals surface area contributed by atoms with Gasteiger partial charge in [-0.05, 0) is 55.6 Å². The summed E-state index contributed by atoms with van der Waals surface area (Å²) in [5, 5.41) is 0.622. The van der Waals surface area contributed by atoms with E-state index >= 15 is 0 Å². The van der Waals surface area contributed by atoms with Crippen LogP contribution < -0.4 is 15.9 Å². The smallest absolute Gasteiger partial charge is 0.261 e. The number of hydrogen-bond acceptors (Lipinski definition) is 5. The number of ether oxygens (including phenoxy) is 1. The fraction of sp³-hybridized carbons (Fsp3) is 0.409. The van der Waals surface area contributed by atoms with Crippen LogP contribution >= 0.6 is 0 Å². The normalized spacial score (nSPS) is 15.7. The van der Waals surface area contributed by atoms with Crippen LogP contribution in [0.15, 0.2) is 52.4 Å². The van der Waals surface area contributed by atoms with E-state index in [1.807, 2.05) is 12.3 Å². The molecular weight excluding hydrogens is 368 g/mol. The van der Waals surface area contributed by atoms with E-state index in [2.05, 4.69) is 9.88 Å². The molecule has 0 unspecified atom stereocenters. The molecule has 1 aromatic carbocycles. The second-order valence-electron chi connectivity index (χ2n) is 7.79. The number of nitrogens with zero attached hydrogens (tertiary/aromatic N) is 4. The second-order valence-corrected chi connectivity index (χ2v) is 7.79. The van der Waals surface area contributed by atoms with Crippen LogP contribution in [-0.2, 0) is 20.1 Å². The third-order valence-electron chi connectivity index (χ3n) is 5.77. The van der Waals surface area contributed by atoms with E-state index in [1.54, 1.807) is 53.9 Å². The molecule has 0 radical (unpaired) electrons. The van der Waals surface area contributed by atoms with Crippen molar-refractivity contribution in [3.8, 4) is 5.75 Å². The number of pyridine rings is 1. The number of aromatic nitrogens is 3. The molecule has 29 heavy (non-hydrogen) atoms. The molecule has 0 spiro atoms. The van der Waals surface area contributed by atoms with Gasteiger partial charge in [-0.15, -0.1) is 0 Å². The van der Waals surface area contributed by atoms with E-state index in [0.717, 1.165) is 38.0 Å². The Morgan fingerprint density at radius 1 is 1.14 bits per heavy atom. The topological polar surface area (TPSA) is 69.4 Å². The molecule has 3 heterocycles. The average molecular weight is 394 g/mol. The monoisotopic (exact) mass is 394 g/mol. The van der Waals surface area contributed by atoms with Gasteiger partial charge in [0.1, 0.15) is 5.75 Å². The number of piperidine rings is 1. The fourth-order valence-corrected chi connectivity index (χ4v) is 3.95. The average Bonchev–Trinajstić information content (AvgIpc) is 2.74. The van der Waals surface area contributed by atoms with Crippen molar-refractivity contribution in [3.05, 3.63) is 69.1 Å². The largest absolute Gasteiger partial charge is 0.497 e. The minimum Gasteiger partial charge on any atom is -0.497 e. The van der Waals surface area contributed by atoms with E-state index < -0.39 is 0 Å². The van der Waals surface area contributed by atoms with Crippen LogP contribution in [0.4, 0.5) is 0 Å². The van der Waals surface area contributed by atoms with Crippen molar-refractivity contribution in [1.82, 2.24) is 19.0 Å². The maximum atomic E-state index is 12.8. The van der Waals surface area contributed by atoms with Gasteiger partial charge < -0.3 is 9.30 Å². The van der Waals surface area contributed by atoms with Crippen LogP contribution in [0.1, 0.15) is 18.4 Å². The van der Waals surface area contributed by atoms with E-state index in [-0.39, 0.29) is 11.1 Å². The Balaban J connectivity index is 1.39. The van der Waals surface area contributed by atoms with Gasteiger partial charge in [0, 0.05) is 38.5 Å². The number of aryl methyl sites for hydroxylation is 1. The van der Waals surface area contributed by atoms with Crippen molar-refractivity contribution in [3.63, 3.8) is 0 Å². The molecule has 0 amide bonds. The molecule has 1 aliphatic heterocycles. The minimum absolute atomic E-state index is 0.000197. The van der Waals surface area contributed by atoms with Gasteiger partial charge in [0.25, 0.3) is 11.1 Å². The molecule has 1 saturated heterocycles.